The first-order chi connectivity index (χ1) is 17.3. The Kier molecular flexibility index (Phi) is 5.12. The van der Waals surface area contributed by atoms with E-state index in [9.17, 15) is 8.42 Å². The second kappa shape index (κ2) is 8.35. The minimum absolute atomic E-state index is 0.122. The van der Waals surface area contributed by atoms with Gasteiger partial charge in [-0.2, -0.15) is 0 Å². The van der Waals surface area contributed by atoms with Crippen LogP contribution in [0, 0.1) is 13.8 Å². The smallest absolute Gasteiger partial charge is 0.227 e. The normalized spacial score (nSPS) is 11.8. The fourth-order valence-electron chi connectivity index (χ4n) is 3.93. The summed E-state index contributed by atoms with van der Waals surface area (Å²) < 4.78 is 43.8. The number of hydrogen-bond acceptors (Lipinski definition) is 7. The first-order valence-electron chi connectivity index (χ1n) is 11.2. The lowest BCUT2D eigenvalue weighted by Crippen LogP contribution is -2.01. The van der Waals surface area contributed by atoms with E-state index in [-0.39, 0.29) is 9.79 Å². The minimum atomic E-state index is -3.79. The van der Waals surface area contributed by atoms with E-state index in [2.05, 4.69) is 9.97 Å². The van der Waals surface area contributed by atoms with Crippen molar-refractivity contribution < 1.29 is 22.0 Å². The first kappa shape index (κ1) is 22.1. The lowest BCUT2D eigenvalue weighted by molar-refractivity contribution is 0.482. The SMILES string of the molecule is Cc1ccc(Oc2ccc(-c3nc4cc(S(=O)(=O)c5ccc6oc(C)nc6c5)ccc4o3)cc2)cc1. The number of rotatable bonds is 5. The number of benzene rings is 4. The Morgan fingerprint density at radius 2 is 1.22 bits per heavy atom. The minimum Gasteiger partial charge on any atom is -0.457 e. The molecule has 6 aromatic rings. The standard InChI is InChI=1S/C28H20N2O5S/c1-17-3-7-20(8-4-17)34-21-9-5-19(6-10-21)28-30-25-16-23(12-14-27(25)35-28)36(31,32)22-11-13-26-24(15-22)29-18(2)33-26/h3-16H,1-2H3. The third-order valence-corrected chi connectivity index (χ3v) is 7.55. The van der Waals surface area contributed by atoms with Crippen LogP contribution in [0.15, 0.2) is 104 Å². The van der Waals surface area contributed by atoms with Gasteiger partial charge in [0, 0.05) is 12.5 Å². The highest BCUT2D eigenvalue weighted by atomic mass is 32.2. The summed E-state index contributed by atoms with van der Waals surface area (Å²) in [7, 11) is -3.79. The average Bonchev–Trinajstić information content (AvgIpc) is 3.47. The van der Waals surface area contributed by atoms with Crippen molar-refractivity contribution in [2.24, 2.45) is 0 Å². The predicted molar refractivity (Wildman–Crippen MR) is 135 cm³/mol. The Hall–Kier alpha value is -4.43. The molecular weight excluding hydrogens is 476 g/mol. The molecule has 7 nitrogen and oxygen atoms in total. The Balaban J connectivity index is 1.28. The summed E-state index contributed by atoms with van der Waals surface area (Å²) in [5, 5.41) is 0. The third kappa shape index (κ3) is 4.01. The lowest BCUT2D eigenvalue weighted by atomic mass is 10.2. The lowest BCUT2D eigenvalue weighted by Gasteiger charge is -2.06. The van der Waals surface area contributed by atoms with E-state index in [1.807, 2.05) is 55.5 Å². The van der Waals surface area contributed by atoms with E-state index in [1.54, 1.807) is 19.1 Å². The van der Waals surface area contributed by atoms with Crippen LogP contribution in [0.4, 0.5) is 0 Å². The maximum atomic E-state index is 13.3. The number of sulfone groups is 1. The Bertz CT molecular complexity index is 1830. The molecule has 2 heterocycles. The van der Waals surface area contributed by atoms with Crippen LogP contribution in [0.2, 0.25) is 0 Å². The highest BCUT2D eigenvalue weighted by Crippen LogP contribution is 2.31. The molecule has 4 aromatic carbocycles. The van der Waals surface area contributed by atoms with Crippen LogP contribution in [-0.4, -0.2) is 18.4 Å². The van der Waals surface area contributed by atoms with Crippen molar-refractivity contribution in [1.82, 2.24) is 9.97 Å². The van der Waals surface area contributed by atoms with Gasteiger partial charge in [0.1, 0.15) is 22.5 Å². The molecule has 0 aliphatic carbocycles. The molecule has 0 unspecified atom stereocenters. The van der Waals surface area contributed by atoms with Gasteiger partial charge >= 0.3 is 0 Å². The van der Waals surface area contributed by atoms with Crippen LogP contribution in [0.5, 0.6) is 11.5 Å². The van der Waals surface area contributed by atoms with E-state index in [4.69, 9.17) is 13.6 Å². The van der Waals surface area contributed by atoms with Gasteiger partial charge in [-0.25, -0.2) is 18.4 Å². The van der Waals surface area contributed by atoms with E-state index in [0.29, 0.717) is 39.7 Å². The van der Waals surface area contributed by atoms with Crippen molar-refractivity contribution in [1.29, 1.82) is 0 Å². The van der Waals surface area contributed by atoms with Gasteiger partial charge in [-0.1, -0.05) is 17.7 Å². The highest BCUT2D eigenvalue weighted by molar-refractivity contribution is 7.91. The van der Waals surface area contributed by atoms with Crippen molar-refractivity contribution in [3.63, 3.8) is 0 Å². The van der Waals surface area contributed by atoms with Crippen molar-refractivity contribution in [3.8, 4) is 23.0 Å². The summed E-state index contributed by atoms with van der Waals surface area (Å²) in [6.07, 6.45) is 0. The van der Waals surface area contributed by atoms with E-state index < -0.39 is 9.84 Å². The molecule has 8 heteroatoms. The van der Waals surface area contributed by atoms with Gasteiger partial charge in [0.15, 0.2) is 17.1 Å². The molecule has 0 aliphatic rings. The molecule has 0 amide bonds. The molecule has 0 radical (unpaired) electrons. The molecule has 0 saturated heterocycles. The molecule has 0 saturated carbocycles. The summed E-state index contributed by atoms with van der Waals surface area (Å²) in [5.41, 5.74) is 3.89. The van der Waals surface area contributed by atoms with Gasteiger partial charge in [-0.3, -0.25) is 0 Å². The summed E-state index contributed by atoms with van der Waals surface area (Å²) in [4.78, 5) is 9.02. The van der Waals surface area contributed by atoms with Crippen LogP contribution in [0.3, 0.4) is 0 Å². The maximum Gasteiger partial charge on any atom is 0.227 e. The second-order valence-electron chi connectivity index (χ2n) is 8.45. The molecular formula is C28H20N2O5S. The number of oxazole rings is 2. The predicted octanol–water partition coefficient (Wildman–Crippen LogP) is 6.88. The molecule has 0 aliphatic heterocycles. The molecule has 2 aromatic heterocycles. The van der Waals surface area contributed by atoms with E-state index >= 15 is 0 Å². The molecule has 0 spiro atoms. The van der Waals surface area contributed by atoms with Gasteiger partial charge in [-0.15, -0.1) is 0 Å². The van der Waals surface area contributed by atoms with Crippen molar-refractivity contribution in [2.75, 3.05) is 0 Å². The van der Waals surface area contributed by atoms with Crippen LogP contribution in [0.1, 0.15) is 11.5 Å². The molecule has 0 atom stereocenters. The van der Waals surface area contributed by atoms with Crippen LogP contribution < -0.4 is 4.74 Å². The monoisotopic (exact) mass is 496 g/mol. The van der Waals surface area contributed by atoms with E-state index in [1.165, 1.54) is 24.3 Å². The Morgan fingerprint density at radius 1 is 0.667 bits per heavy atom. The number of ether oxygens (including phenoxy) is 1. The maximum absolute atomic E-state index is 13.3. The average molecular weight is 497 g/mol. The van der Waals surface area contributed by atoms with Gasteiger partial charge in [0.2, 0.25) is 15.7 Å². The Labute approximate surface area is 206 Å². The van der Waals surface area contributed by atoms with Crippen molar-refractivity contribution in [3.05, 3.63) is 96.4 Å². The topological polar surface area (TPSA) is 95.4 Å². The third-order valence-electron chi connectivity index (χ3n) is 5.80. The van der Waals surface area contributed by atoms with Gasteiger partial charge in [0.25, 0.3) is 0 Å². The quantitative estimate of drug-likeness (QED) is 0.257. The molecule has 0 N–H and O–H groups in total. The zero-order chi connectivity index (χ0) is 24.9. The summed E-state index contributed by atoms with van der Waals surface area (Å²) in [6, 6.07) is 24.5. The van der Waals surface area contributed by atoms with Crippen LogP contribution >= 0.6 is 0 Å². The second-order valence-corrected chi connectivity index (χ2v) is 10.4. The number of nitrogens with zero attached hydrogens (tertiary/aromatic N) is 2. The number of fused-ring (bicyclic) bond motifs is 2. The molecule has 0 bridgehead atoms. The molecule has 6 rings (SSSR count). The van der Waals surface area contributed by atoms with Crippen LogP contribution in [0.25, 0.3) is 33.7 Å². The molecule has 0 fully saturated rings. The van der Waals surface area contributed by atoms with Gasteiger partial charge < -0.3 is 13.6 Å². The molecule has 36 heavy (non-hydrogen) atoms. The number of aryl methyl sites for hydroxylation is 2. The largest absolute Gasteiger partial charge is 0.457 e. The number of hydrogen-bond donors (Lipinski definition) is 0. The van der Waals surface area contributed by atoms with E-state index in [0.717, 1.165) is 16.9 Å². The zero-order valence-electron chi connectivity index (χ0n) is 19.4. The fourth-order valence-corrected chi connectivity index (χ4v) is 5.23. The Morgan fingerprint density at radius 3 is 1.86 bits per heavy atom. The van der Waals surface area contributed by atoms with Crippen molar-refractivity contribution in [2.45, 2.75) is 23.6 Å². The van der Waals surface area contributed by atoms with Crippen molar-refractivity contribution >= 4 is 32.0 Å². The number of aromatic nitrogens is 2. The summed E-state index contributed by atoms with van der Waals surface area (Å²) >= 11 is 0. The summed E-state index contributed by atoms with van der Waals surface area (Å²) in [5.74, 6) is 2.31. The van der Waals surface area contributed by atoms with Crippen LogP contribution in [-0.2, 0) is 9.84 Å². The first-order valence-corrected chi connectivity index (χ1v) is 12.7. The zero-order valence-corrected chi connectivity index (χ0v) is 20.2. The fraction of sp³-hybridized carbons (Fsp3) is 0.0714. The van der Waals surface area contributed by atoms with Gasteiger partial charge in [0.05, 0.1) is 9.79 Å². The molecule has 178 valence electrons. The summed E-state index contributed by atoms with van der Waals surface area (Å²) in [6.45, 7) is 3.74. The highest BCUT2D eigenvalue weighted by Gasteiger charge is 2.21. The van der Waals surface area contributed by atoms with Gasteiger partial charge in [-0.05, 0) is 79.7 Å².